The van der Waals surface area contributed by atoms with Gasteiger partial charge in [0.1, 0.15) is 11.2 Å². The molecule has 1 heteroatoms. The number of para-hydroxylation sites is 1. The molecule has 0 aliphatic heterocycles. The summed E-state index contributed by atoms with van der Waals surface area (Å²) in [6.45, 7) is 0. The van der Waals surface area contributed by atoms with Gasteiger partial charge in [0.25, 0.3) is 0 Å². The van der Waals surface area contributed by atoms with E-state index in [1.807, 2.05) is 0 Å². The van der Waals surface area contributed by atoms with Gasteiger partial charge in [-0.15, -0.1) is 0 Å². The third-order valence-corrected chi connectivity index (χ3v) is 8.16. The topological polar surface area (TPSA) is 13.1 Å². The first-order valence-corrected chi connectivity index (χ1v) is 14.3. The van der Waals surface area contributed by atoms with Gasteiger partial charge in [0.05, 0.1) is 19.2 Å². The number of hydrogen-bond donors (Lipinski definition) is 0. The molecule has 1 heterocycles. The molecule has 0 saturated carbocycles. The molecule has 0 saturated heterocycles. The van der Waals surface area contributed by atoms with Gasteiger partial charge in [-0.2, -0.15) is 0 Å². The van der Waals surface area contributed by atoms with Crippen LogP contribution in [0.15, 0.2) is 174 Å². The highest BCUT2D eigenvalue weighted by Crippen LogP contribution is 2.48. The van der Waals surface area contributed by atoms with Crippen molar-refractivity contribution in [3.63, 3.8) is 0 Å². The SMILES string of the molecule is [2H]c1ccc(-c2ccc(-c3c4c([2H])c([2H])c([2H])c([2H])c4c(-c4ccc(-c5c([2H])c([2H])c([2H])c([2H])c5[2H])c5oc6ccccc6c45)c4c([2H])c([2H])c([2H])c([2H])c34)cc2)cc1. The summed E-state index contributed by atoms with van der Waals surface area (Å²) in [5, 5.41) is 0.855. The maximum absolute atomic E-state index is 9.44. The first kappa shape index (κ1) is 15.2. The van der Waals surface area contributed by atoms with E-state index in [2.05, 4.69) is 0 Å². The molecule has 0 radical (unpaired) electrons. The van der Waals surface area contributed by atoms with Crippen LogP contribution in [0.25, 0.3) is 88.0 Å². The summed E-state index contributed by atoms with van der Waals surface area (Å²) in [6.07, 6.45) is 0. The lowest BCUT2D eigenvalue weighted by atomic mass is 9.84. The van der Waals surface area contributed by atoms with Crippen molar-refractivity contribution in [1.29, 1.82) is 0 Å². The summed E-state index contributed by atoms with van der Waals surface area (Å²) in [6, 6.07) is 17.8. The molecule has 0 aliphatic carbocycles. The maximum Gasteiger partial charge on any atom is 0.143 e. The molecule has 0 N–H and O–H groups in total. The lowest BCUT2D eigenvalue weighted by molar-refractivity contribution is 0.670. The summed E-state index contributed by atoms with van der Waals surface area (Å²) in [7, 11) is 0. The number of benzene rings is 8. The van der Waals surface area contributed by atoms with E-state index in [9.17, 15) is 5.48 Å². The summed E-state index contributed by atoms with van der Waals surface area (Å²) in [4.78, 5) is 0. The average molecular weight is 587 g/mol. The molecule has 0 amide bonds. The second-order valence-electron chi connectivity index (χ2n) is 10.6. The molecule has 1 aromatic heterocycles. The Morgan fingerprint density at radius 2 is 0.933 bits per heavy atom. The van der Waals surface area contributed by atoms with Crippen molar-refractivity contribution in [2.75, 3.05) is 0 Å². The fourth-order valence-corrected chi connectivity index (χ4v) is 6.21. The normalized spacial score (nSPS) is 15.9. The number of hydrogen-bond acceptors (Lipinski definition) is 1. The summed E-state index contributed by atoms with van der Waals surface area (Å²) in [5.74, 6) is 0. The summed E-state index contributed by atoms with van der Waals surface area (Å²) >= 11 is 0. The van der Waals surface area contributed by atoms with Crippen LogP contribution in [-0.2, 0) is 0 Å². The highest BCUT2D eigenvalue weighted by Gasteiger charge is 2.22. The van der Waals surface area contributed by atoms with Crippen molar-refractivity contribution in [3.05, 3.63) is 170 Å². The van der Waals surface area contributed by atoms with Crippen LogP contribution >= 0.6 is 0 Å². The van der Waals surface area contributed by atoms with E-state index in [-0.39, 0.29) is 54.9 Å². The van der Waals surface area contributed by atoms with E-state index in [1.165, 1.54) is 6.07 Å². The van der Waals surface area contributed by atoms with E-state index in [0.717, 1.165) is 11.1 Å². The number of fused-ring (bicyclic) bond motifs is 5. The van der Waals surface area contributed by atoms with E-state index in [4.69, 9.17) is 18.1 Å². The maximum atomic E-state index is 9.44. The van der Waals surface area contributed by atoms with Gasteiger partial charge in [-0.05, 0) is 72.6 Å². The van der Waals surface area contributed by atoms with Gasteiger partial charge in [-0.1, -0.05) is 157 Å². The van der Waals surface area contributed by atoms with Crippen LogP contribution in [0.2, 0.25) is 0 Å². The van der Waals surface area contributed by atoms with Crippen LogP contribution in [-0.4, -0.2) is 0 Å². The molecule has 45 heavy (non-hydrogen) atoms. The van der Waals surface area contributed by atoms with Crippen molar-refractivity contribution in [3.8, 4) is 44.5 Å². The molecule has 0 unspecified atom stereocenters. The van der Waals surface area contributed by atoms with Gasteiger partial charge in [0.15, 0.2) is 0 Å². The van der Waals surface area contributed by atoms with E-state index in [0.29, 0.717) is 28.0 Å². The second kappa shape index (κ2) is 10.4. The molecule has 1 nitrogen and oxygen atoms in total. The Bertz CT molecular complexity index is 3190. The van der Waals surface area contributed by atoms with E-state index < -0.39 is 78.6 Å². The van der Waals surface area contributed by atoms with Crippen molar-refractivity contribution in [2.24, 2.45) is 0 Å². The fraction of sp³-hybridized carbons (Fsp3) is 0. The third-order valence-electron chi connectivity index (χ3n) is 8.16. The van der Waals surface area contributed by atoms with Crippen LogP contribution in [0, 0.1) is 0 Å². The third kappa shape index (κ3) is 4.09. The summed E-state index contributed by atoms with van der Waals surface area (Å²) in [5.41, 5.74) is 3.05. The van der Waals surface area contributed by atoms with E-state index >= 15 is 0 Å². The van der Waals surface area contributed by atoms with Crippen LogP contribution < -0.4 is 0 Å². The smallest absolute Gasteiger partial charge is 0.143 e. The number of rotatable bonds is 4. The predicted molar refractivity (Wildman–Crippen MR) is 190 cm³/mol. The Kier molecular flexibility index (Phi) is 3.50. The van der Waals surface area contributed by atoms with Crippen LogP contribution in [0.3, 0.4) is 0 Å². The van der Waals surface area contributed by atoms with Crippen molar-refractivity contribution in [1.82, 2.24) is 0 Å². The van der Waals surface area contributed by atoms with Crippen molar-refractivity contribution < 1.29 is 23.6 Å². The van der Waals surface area contributed by atoms with Gasteiger partial charge < -0.3 is 4.42 Å². The minimum Gasteiger partial charge on any atom is -0.455 e. The lowest BCUT2D eigenvalue weighted by Crippen LogP contribution is -1.92. The second-order valence-corrected chi connectivity index (χ2v) is 10.6. The summed E-state index contributed by atoms with van der Waals surface area (Å²) < 4.78 is 130. The Morgan fingerprint density at radius 1 is 0.378 bits per heavy atom. The van der Waals surface area contributed by atoms with Crippen LogP contribution in [0.5, 0.6) is 0 Å². The first-order chi connectivity index (χ1) is 28.1. The van der Waals surface area contributed by atoms with Crippen LogP contribution in [0.1, 0.15) is 19.2 Å². The molecule has 210 valence electrons. The number of furan rings is 1. The zero-order valence-electron chi connectivity index (χ0n) is 37.5. The largest absolute Gasteiger partial charge is 0.455 e. The Hall–Kier alpha value is -5.92. The molecular formula is C44H28O. The van der Waals surface area contributed by atoms with Crippen LogP contribution in [0.4, 0.5) is 0 Å². The molecular weight excluding hydrogens is 544 g/mol. The Balaban J connectivity index is 1.50. The quantitative estimate of drug-likeness (QED) is 0.187. The zero-order chi connectivity index (χ0) is 41.9. The van der Waals surface area contributed by atoms with Crippen molar-refractivity contribution >= 4 is 43.5 Å². The minimum atomic E-state index is -0.569. The molecule has 0 bridgehead atoms. The monoisotopic (exact) mass is 586 g/mol. The zero-order valence-corrected chi connectivity index (χ0v) is 23.5. The highest BCUT2D eigenvalue weighted by molar-refractivity contribution is 6.26. The fourth-order valence-electron chi connectivity index (χ4n) is 6.21. The van der Waals surface area contributed by atoms with Gasteiger partial charge >= 0.3 is 0 Å². The average Bonchev–Trinajstić information content (AvgIpc) is 3.64. The molecule has 0 atom stereocenters. The first-order valence-electron chi connectivity index (χ1n) is 21.3. The van der Waals surface area contributed by atoms with Gasteiger partial charge in [-0.25, -0.2) is 0 Å². The van der Waals surface area contributed by atoms with Gasteiger partial charge in [0, 0.05) is 16.3 Å². The van der Waals surface area contributed by atoms with E-state index in [1.54, 1.807) is 78.9 Å². The highest BCUT2D eigenvalue weighted by atomic mass is 16.3. The molecule has 0 fully saturated rings. The standard InChI is InChI=1S/C44H28O/c1-3-13-29(14-4-1)30-23-25-32(26-24-30)41-34-17-7-9-19-36(34)42(37-20-10-8-18-35(37)41)39-28-27-33(31-15-5-2-6-16-31)44-43(39)38-21-11-12-22-40(38)45-44/h1-28H/i1D,2D,5D,6D,7D,8D,9D,10D,15D,16D,17D,18D,19D,20D. The Morgan fingerprint density at radius 3 is 1.62 bits per heavy atom. The lowest BCUT2D eigenvalue weighted by Gasteiger charge is -2.19. The predicted octanol–water partition coefficient (Wildman–Crippen LogP) is 12.6. The minimum absolute atomic E-state index is 0.0132. The Labute approximate surface area is 281 Å². The molecule has 8 aromatic carbocycles. The molecule has 9 rings (SSSR count). The van der Waals surface area contributed by atoms with Crippen molar-refractivity contribution in [2.45, 2.75) is 0 Å². The van der Waals surface area contributed by atoms with Gasteiger partial charge in [-0.3, -0.25) is 0 Å². The molecule has 0 spiro atoms. The van der Waals surface area contributed by atoms with Gasteiger partial charge in [0.2, 0.25) is 0 Å². The molecule has 0 aliphatic rings. The molecule has 9 aromatic rings.